The third kappa shape index (κ3) is 3.80. The standard InChI is InChI=1S/C12H13N5O3/c13-8-1-2-9(14-4-8)3-11(18)16-10-5-15-17(6-10)7-12(19)20/h1-2,4-6H,3,7,13H2,(H,16,18)(H,19,20). The number of anilines is 2. The zero-order valence-corrected chi connectivity index (χ0v) is 10.5. The molecule has 0 spiro atoms. The number of nitrogens with two attached hydrogens (primary N) is 1. The van der Waals surface area contributed by atoms with Crippen molar-refractivity contribution in [3.05, 3.63) is 36.4 Å². The van der Waals surface area contributed by atoms with Crippen LogP contribution >= 0.6 is 0 Å². The molecule has 2 aromatic heterocycles. The second kappa shape index (κ2) is 5.83. The van der Waals surface area contributed by atoms with Crippen molar-refractivity contribution in [3.63, 3.8) is 0 Å². The van der Waals surface area contributed by atoms with E-state index in [1.54, 1.807) is 12.1 Å². The van der Waals surface area contributed by atoms with Gasteiger partial charge in [0.15, 0.2) is 0 Å². The van der Waals surface area contributed by atoms with Gasteiger partial charge in [0.05, 0.1) is 30.2 Å². The number of nitrogens with one attached hydrogen (secondary N) is 1. The van der Waals surface area contributed by atoms with Crippen molar-refractivity contribution in [2.45, 2.75) is 13.0 Å². The third-order valence-electron chi connectivity index (χ3n) is 2.40. The number of nitrogens with zero attached hydrogens (tertiary/aromatic N) is 3. The molecule has 20 heavy (non-hydrogen) atoms. The van der Waals surface area contributed by atoms with Crippen molar-refractivity contribution in [2.75, 3.05) is 11.1 Å². The van der Waals surface area contributed by atoms with Crippen LogP contribution in [0.2, 0.25) is 0 Å². The first kappa shape index (κ1) is 13.5. The summed E-state index contributed by atoms with van der Waals surface area (Å²) in [6.07, 6.45) is 4.41. The van der Waals surface area contributed by atoms with Crippen molar-refractivity contribution in [2.24, 2.45) is 0 Å². The number of aromatic nitrogens is 3. The van der Waals surface area contributed by atoms with E-state index in [2.05, 4.69) is 15.4 Å². The van der Waals surface area contributed by atoms with Gasteiger partial charge in [0.1, 0.15) is 6.54 Å². The average molecular weight is 275 g/mol. The van der Waals surface area contributed by atoms with Gasteiger partial charge < -0.3 is 16.2 Å². The van der Waals surface area contributed by atoms with E-state index >= 15 is 0 Å². The Morgan fingerprint density at radius 1 is 1.35 bits per heavy atom. The van der Waals surface area contributed by atoms with Gasteiger partial charge in [-0.3, -0.25) is 19.3 Å². The highest BCUT2D eigenvalue weighted by Gasteiger charge is 2.08. The average Bonchev–Trinajstić information content (AvgIpc) is 2.78. The molecule has 0 aliphatic carbocycles. The number of carbonyl (C=O) groups is 2. The molecule has 0 unspecified atom stereocenters. The molecule has 1 amide bonds. The van der Waals surface area contributed by atoms with Crippen LogP contribution in [0.1, 0.15) is 5.69 Å². The highest BCUT2D eigenvalue weighted by atomic mass is 16.4. The maximum absolute atomic E-state index is 11.8. The number of carbonyl (C=O) groups excluding carboxylic acids is 1. The van der Waals surface area contributed by atoms with E-state index in [0.717, 1.165) is 0 Å². The Balaban J connectivity index is 1.92. The fourth-order valence-electron chi connectivity index (χ4n) is 1.56. The SMILES string of the molecule is Nc1ccc(CC(=O)Nc2cnn(CC(=O)O)c2)nc1. The lowest BCUT2D eigenvalue weighted by molar-refractivity contribution is -0.137. The van der Waals surface area contributed by atoms with E-state index in [1.807, 2.05) is 0 Å². The van der Waals surface area contributed by atoms with E-state index in [9.17, 15) is 9.59 Å². The molecule has 4 N–H and O–H groups in total. The van der Waals surface area contributed by atoms with Crippen molar-refractivity contribution < 1.29 is 14.7 Å². The summed E-state index contributed by atoms with van der Waals surface area (Å²) in [5.41, 5.74) is 7.06. The summed E-state index contributed by atoms with van der Waals surface area (Å²) in [4.78, 5) is 26.3. The molecule has 0 radical (unpaired) electrons. The lowest BCUT2D eigenvalue weighted by Crippen LogP contribution is -2.15. The van der Waals surface area contributed by atoms with Gasteiger partial charge in [-0.05, 0) is 12.1 Å². The molecule has 0 saturated carbocycles. The molecule has 0 atom stereocenters. The predicted molar refractivity (Wildman–Crippen MR) is 70.8 cm³/mol. The van der Waals surface area contributed by atoms with E-state index in [0.29, 0.717) is 17.1 Å². The first-order chi connectivity index (χ1) is 9.52. The molecule has 0 fully saturated rings. The zero-order chi connectivity index (χ0) is 14.5. The van der Waals surface area contributed by atoms with Gasteiger partial charge in [0.2, 0.25) is 5.91 Å². The fourth-order valence-corrected chi connectivity index (χ4v) is 1.56. The second-order valence-corrected chi connectivity index (χ2v) is 4.13. The molecule has 0 aromatic carbocycles. The Hall–Kier alpha value is -2.90. The Morgan fingerprint density at radius 2 is 2.15 bits per heavy atom. The smallest absolute Gasteiger partial charge is 0.325 e. The first-order valence-corrected chi connectivity index (χ1v) is 5.77. The van der Waals surface area contributed by atoms with Gasteiger partial charge in [-0.1, -0.05) is 0 Å². The first-order valence-electron chi connectivity index (χ1n) is 5.77. The van der Waals surface area contributed by atoms with E-state index in [1.165, 1.54) is 23.3 Å². The topological polar surface area (TPSA) is 123 Å². The van der Waals surface area contributed by atoms with Crippen LogP contribution in [-0.2, 0) is 22.6 Å². The minimum absolute atomic E-state index is 0.102. The van der Waals surface area contributed by atoms with Crippen LogP contribution in [0.4, 0.5) is 11.4 Å². The lowest BCUT2D eigenvalue weighted by Gasteiger charge is -2.02. The summed E-state index contributed by atoms with van der Waals surface area (Å²) in [6, 6.07) is 3.34. The summed E-state index contributed by atoms with van der Waals surface area (Å²) in [6.45, 7) is -0.255. The van der Waals surface area contributed by atoms with Crippen LogP contribution in [-0.4, -0.2) is 31.7 Å². The zero-order valence-electron chi connectivity index (χ0n) is 10.5. The maximum Gasteiger partial charge on any atom is 0.325 e. The van der Waals surface area contributed by atoms with Crippen LogP contribution in [0.25, 0.3) is 0 Å². The lowest BCUT2D eigenvalue weighted by atomic mass is 10.2. The highest BCUT2D eigenvalue weighted by Crippen LogP contribution is 2.07. The molecule has 8 heteroatoms. The molecular formula is C12H13N5O3. The summed E-state index contributed by atoms with van der Waals surface area (Å²) in [5, 5.41) is 15.0. The van der Waals surface area contributed by atoms with Gasteiger partial charge in [0, 0.05) is 11.9 Å². The Morgan fingerprint density at radius 3 is 2.80 bits per heavy atom. The molecule has 0 saturated heterocycles. The number of pyridine rings is 1. The molecule has 2 aromatic rings. The van der Waals surface area contributed by atoms with Gasteiger partial charge in [-0.25, -0.2) is 0 Å². The summed E-state index contributed by atoms with van der Waals surface area (Å²) in [5.74, 6) is -1.27. The number of hydrogen-bond acceptors (Lipinski definition) is 5. The minimum atomic E-state index is -1.00. The highest BCUT2D eigenvalue weighted by molar-refractivity contribution is 5.91. The predicted octanol–water partition coefficient (Wildman–Crippen LogP) is 0.126. The number of hydrogen-bond donors (Lipinski definition) is 3. The van der Waals surface area contributed by atoms with E-state index in [4.69, 9.17) is 10.8 Å². The molecule has 0 aliphatic rings. The van der Waals surface area contributed by atoms with Crippen molar-refractivity contribution in [1.82, 2.24) is 14.8 Å². The van der Waals surface area contributed by atoms with E-state index < -0.39 is 5.97 Å². The Labute approximate surface area is 114 Å². The minimum Gasteiger partial charge on any atom is -0.480 e. The number of carboxylic acids is 1. The molecule has 104 valence electrons. The number of carboxylic acid groups (broad SMARTS) is 1. The number of aliphatic carboxylic acids is 1. The maximum atomic E-state index is 11.8. The van der Waals surface area contributed by atoms with Crippen LogP contribution in [0.5, 0.6) is 0 Å². The quantitative estimate of drug-likeness (QED) is 0.712. The van der Waals surface area contributed by atoms with Crippen LogP contribution in [0.3, 0.4) is 0 Å². The number of amides is 1. The normalized spacial score (nSPS) is 10.2. The van der Waals surface area contributed by atoms with Crippen molar-refractivity contribution in [1.29, 1.82) is 0 Å². The van der Waals surface area contributed by atoms with Crippen molar-refractivity contribution in [3.8, 4) is 0 Å². The molecule has 2 heterocycles. The van der Waals surface area contributed by atoms with Gasteiger partial charge >= 0.3 is 5.97 Å². The summed E-state index contributed by atoms with van der Waals surface area (Å²) >= 11 is 0. The molecular weight excluding hydrogens is 262 g/mol. The summed E-state index contributed by atoms with van der Waals surface area (Å²) in [7, 11) is 0. The number of rotatable bonds is 5. The van der Waals surface area contributed by atoms with Crippen LogP contribution < -0.4 is 11.1 Å². The Kier molecular flexibility index (Phi) is 3.94. The monoisotopic (exact) mass is 275 g/mol. The molecule has 2 rings (SSSR count). The second-order valence-electron chi connectivity index (χ2n) is 4.13. The van der Waals surface area contributed by atoms with Crippen LogP contribution in [0.15, 0.2) is 30.7 Å². The van der Waals surface area contributed by atoms with Gasteiger partial charge in [-0.2, -0.15) is 5.10 Å². The third-order valence-corrected chi connectivity index (χ3v) is 2.40. The molecule has 8 nitrogen and oxygen atoms in total. The molecule has 0 bridgehead atoms. The van der Waals surface area contributed by atoms with Gasteiger partial charge in [0.25, 0.3) is 0 Å². The number of nitrogen functional groups attached to an aromatic ring is 1. The van der Waals surface area contributed by atoms with Crippen LogP contribution in [0, 0.1) is 0 Å². The Bertz CT molecular complexity index is 620. The molecule has 0 aliphatic heterocycles. The van der Waals surface area contributed by atoms with Crippen molar-refractivity contribution >= 4 is 23.3 Å². The fraction of sp³-hybridized carbons (Fsp3) is 0.167. The van der Waals surface area contributed by atoms with E-state index in [-0.39, 0.29) is 18.9 Å². The largest absolute Gasteiger partial charge is 0.480 e. The summed E-state index contributed by atoms with van der Waals surface area (Å²) < 4.78 is 1.22. The van der Waals surface area contributed by atoms with Gasteiger partial charge in [-0.15, -0.1) is 0 Å².